The zero-order valence-corrected chi connectivity index (χ0v) is 12.9. The van der Waals surface area contributed by atoms with Gasteiger partial charge in [0.05, 0.1) is 16.4 Å². The van der Waals surface area contributed by atoms with Crippen LogP contribution in [0.5, 0.6) is 0 Å². The summed E-state index contributed by atoms with van der Waals surface area (Å²) in [6.45, 7) is 1.86. The van der Waals surface area contributed by atoms with E-state index in [0.29, 0.717) is 27.8 Å². The van der Waals surface area contributed by atoms with E-state index >= 15 is 0 Å². The largest absolute Gasteiger partial charge is 0.278 e. The molecule has 19 heavy (non-hydrogen) atoms. The van der Waals surface area contributed by atoms with Crippen LogP contribution in [0.4, 0.5) is 0 Å². The first-order chi connectivity index (χ1) is 8.82. The van der Waals surface area contributed by atoms with Gasteiger partial charge in [0.25, 0.3) is 9.05 Å². The van der Waals surface area contributed by atoms with Crippen LogP contribution in [0.25, 0.3) is 5.69 Å². The molecule has 0 aliphatic heterocycles. The van der Waals surface area contributed by atoms with Crippen molar-refractivity contribution in [2.45, 2.75) is 18.4 Å². The molecular weight excluding hydrogens is 331 g/mol. The predicted octanol–water partition coefficient (Wildman–Crippen LogP) is 3.67. The van der Waals surface area contributed by atoms with E-state index in [0.717, 1.165) is 0 Å². The van der Waals surface area contributed by atoms with Crippen LogP contribution < -0.4 is 0 Å². The molecule has 0 aliphatic carbocycles. The van der Waals surface area contributed by atoms with Crippen LogP contribution in [0.1, 0.15) is 12.6 Å². The Morgan fingerprint density at radius 3 is 2.47 bits per heavy atom. The predicted molar refractivity (Wildman–Crippen MR) is 76.0 cm³/mol. The normalized spacial score (nSPS) is 11.8. The standard InChI is InChI=1S/C11H9Cl3N2O2S/c1-2-8-6-11(19(14,17)18)16(15-8)10-4-3-7(12)5-9(10)13/h3-6H,2H2,1H3. The van der Waals surface area contributed by atoms with E-state index in [1.807, 2.05) is 6.92 Å². The fraction of sp³-hybridized carbons (Fsp3) is 0.182. The number of nitrogens with zero attached hydrogens (tertiary/aromatic N) is 2. The lowest BCUT2D eigenvalue weighted by atomic mass is 10.3. The molecule has 0 fully saturated rings. The lowest BCUT2D eigenvalue weighted by Crippen LogP contribution is -2.05. The maximum atomic E-state index is 11.6. The van der Waals surface area contributed by atoms with E-state index in [2.05, 4.69) is 5.10 Å². The summed E-state index contributed by atoms with van der Waals surface area (Å²) in [6.07, 6.45) is 0.581. The first kappa shape index (κ1) is 14.7. The lowest BCUT2D eigenvalue weighted by Gasteiger charge is -2.07. The van der Waals surface area contributed by atoms with Gasteiger partial charge in [0, 0.05) is 21.8 Å². The number of benzene rings is 1. The topological polar surface area (TPSA) is 52.0 Å². The number of rotatable bonds is 3. The van der Waals surface area contributed by atoms with Gasteiger partial charge in [-0.1, -0.05) is 30.1 Å². The van der Waals surface area contributed by atoms with E-state index in [4.69, 9.17) is 33.9 Å². The summed E-state index contributed by atoms with van der Waals surface area (Å²) in [5, 5.41) is 4.81. The highest BCUT2D eigenvalue weighted by Crippen LogP contribution is 2.28. The molecule has 1 aromatic heterocycles. The van der Waals surface area contributed by atoms with Gasteiger partial charge in [0.1, 0.15) is 0 Å². The molecule has 1 aromatic carbocycles. The molecule has 0 spiro atoms. The fourth-order valence-electron chi connectivity index (χ4n) is 1.58. The smallest absolute Gasteiger partial charge is 0.219 e. The van der Waals surface area contributed by atoms with Crippen LogP contribution in [0.2, 0.25) is 10.0 Å². The first-order valence-corrected chi connectivity index (χ1v) is 8.38. The van der Waals surface area contributed by atoms with Gasteiger partial charge >= 0.3 is 0 Å². The third kappa shape index (κ3) is 3.05. The number of hydrogen-bond acceptors (Lipinski definition) is 3. The van der Waals surface area contributed by atoms with Gasteiger partial charge in [-0.25, -0.2) is 13.1 Å². The highest BCUT2D eigenvalue weighted by Gasteiger charge is 2.21. The van der Waals surface area contributed by atoms with Gasteiger partial charge in [-0.05, 0) is 24.6 Å². The molecule has 0 amide bonds. The molecule has 0 unspecified atom stereocenters. The average molecular weight is 340 g/mol. The highest BCUT2D eigenvalue weighted by molar-refractivity contribution is 8.13. The Balaban J connectivity index is 2.71. The molecule has 0 radical (unpaired) electrons. The SMILES string of the molecule is CCc1cc(S(=O)(=O)Cl)n(-c2ccc(Cl)cc2Cl)n1. The van der Waals surface area contributed by atoms with Gasteiger partial charge in [0.15, 0.2) is 5.03 Å². The molecule has 0 bridgehead atoms. The molecule has 0 aliphatic rings. The van der Waals surface area contributed by atoms with Gasteiger partial charge < -0.3 is 0 Å². The zero-order valence-electron chi connectivity index (χ0n) is 9.77. The number of hydrogen-bond donors (Lipinski definition) is 0. The van der Waals surface area contributed by atoms with Crippen LogP contribution in [0.3, 0.4) is 0 Å². The first-order valence-electron chi connectivity index (χ1n) is 5.32. The summed E-state index contributed by atoms with van der Waals surface area (Å²) in [4.78, 5) is 0. The molecule has 2 rings (SSSR count). The minimum absolute atomic E-state index is 0.116. The van der Waals surface area contributed by atoms with Gasteiger partial charge in [-0.2, -0.15) is 5.10 Å². The Morgan fingerprint density at radius 1 is 1.26 bits per heavy atom. The second-order valence-corrected chi connectivity index (χ2v) is 7.13. The molecule has 0 saturated carbocycles. The average Bonchev–Trinajstić information content (AvgIpc) is 2.72. The van der Waals surface area contributed by atoms with E-state index in [-0.39, 0.29) is 5.03 Å². The van der Waals surface area contributed by atoms with Crippen molar-refractivity contribution in [1.29, 1.82) is 0 Å². The van der Waals surface area contributed by atoms with Crippen molar-refractivity contribution in [3.63, 3.8) is 0 Å². The fourth-order valence-corrected chi connectivity index (χ4v) is 3.02. The molecule has 102 valence electrons. The molecule has 8 heteroatoms. The quantitative estimate of drug-likeness (QED) is 0.802. The molecule has 2 aromatic rings. The van der Waals surface area contributed by atoms with Crippen molar-refractivity contribution in [2.75, 3.05) is 0 Å². The summed E-state index contributed by atoms with van der Waals surface area (Å²) in [7, 11) is 1.49. The van der Waals surface area contributed by atoms with Gasteiger partial charge in [0.2, 0.25) is 0 Å². The Labute approximate surface area is 125 Å². The van der Waals surface area contributed by atoms with Crippen LogP contribution in [0, 0.1) is 0 Å². The van der Waals surface area contributed by atoms with Crippen molar-refractivity contribution in [3.05, 3.63) is 40.0 Å². The third-order valence-electron chi connectivity index (χ3n) is 2.48. The Hall–Kier alpha value is -0.750. The van der Waals surface area contributed by atoms with E-state index in [9.17, 15) is 8.42 Å². The molecule has 1 heterocycles. The molecule has 0 N–H and O–H groups in total. The summed E-state index contributed by atoms with van der Waals surface area (Å²) in [5.74, 6) is 0. The summed E-state index contributed by atoms with van der Waals surface area (Å²) in [6, 6.07) is 6.12. The second kappa shape index (κ2) is 5.32. The number of halogens is 3. The van der Waals surface area contributed by atoms with Crippen molar-refractivity contribution in [1.82, 2.24) is 9.78 Å². The summed E-state index contributed by atoms with van der Waals surface area (Å²) >= 11 is 11.9. The highest BCUT2D eigenvalue weighted by atomic mass is 35.7. The van der Waals surface area contributed by atoms with Crippen LogP contribution in [0.15, 0.2) is 29.3 Å². The van der Waals surface area contributed by atoms with E-state index in [1.54, 1.807) is 12.1 Å². The third-order valence-corrected chi connectivity index (χ3v) is 4.28. The van der Waals surface area contributed by atoms with Gasteiger partial charge in [-0.3, -0.25) is 0 Å². The molecule has 0 saturated heterocycles. The van der Waals surface area contributed by atoms with Crippen LogP contribution >= 0.6 is 33.9 Å². The Morgan fingerprint density at radius 2 is 1.95 bits per heavy atom. The Kier molecular flexibility index (Phi) is 4.11. The maximum absolute atomic E-state index is 11.6. The van der Waals surface area contributed by atoms with Gasteiger partial charge in [-0.15, -0.1) is 0 Å². The number of aryl methyl sites for hydroxylation is 1. The lowest BCUT2D eigenvalue weighted by molar-refractivity contribution is 0.599. The van der Waals surface area contributed by atoms with Crippen LogP contribution in [-0.2, 0) is 15.5 Å². The molecular formula is C11H9Cl3N2O2S. The zero-order chi connectivity index (χ0) is 14.2. The maximum Gasteiger partial charge on any atom is 0.278 e. The van der Waals surface area contributed by atoms with E-state index in [1.165, 1.54) is 16.8 Å². The molecule has 4 nitrogen and oxygen atoms in total. The molecule has 0 atom stereocenters. The minimum atomic E-state index is -3.92. The van der Waals surface area contributed by atoms with E-state index < -0.39 is 9.05 Å². The minimum Gasteiger partial charge on any atom is -0.219 e. The van der Waals surface area contributed by atoms with Crippen molar-refractivity contribution >= 4 is 42.9 Å². The monoisotopic (exact) mass is 338 g/mol. The second-order valence-electron chi connectivity index (χ2n) is 3.77. The van der Waals surface area contributed by atoms with Crippen LogP contribution in [-0.4, -0.2) is 18.2 Å². The Bertz CT molecular complexity index is 726. The summed E-state index contributed by atoms with van der Waals surface area (Å²) in [5.41, 5.74) is 1.01. The van der Waals surface area contributed by atoms with Crippen molar-refractivity contribution in [3.8, 4) is 5.69 Å². The number of aromatic nitrogens is 2. The van der Waals surface area contributed by atoms with Crippen molar-refractivity contribution in [2.24, 2.45) is 0 Å². The van der Waals surface area contributed by atoms with Crippen molar-refractivity contribution < 1.29 is 8.42 Å². The summed E-state index contributed by atoms with van der Waals surface area (Å²) < 4.78 is 24.3.